The zero-order chi connectivity index (χ0) is 24.8. The molecule has 5 N–H and O–H groups in total. The number of carbonyl (C=O) groups excluding carboxylic acids is 3. The number of aromatic amines is 1. The molecule has 0 radical (unpaired) electrons. The maximum atomic E-state index is 13.8. The van der Waals surface area contributed by atoms with Crippen molar-refractivity contribution in [2.75, 3.05) is 18.4 Å². The molecule has 1 spiro atoms. The zero-order valence-corrected chi connectivity index (χ0v) is 20.3. The maximum Gasteiger partial charge on any atom is 0.245 e. The van der Waals surface area contributed by atoms with Crippen LogP contribution in [0.5, 0.6) is 0 Å². The van der Waals surface area contributed by atoms with Gasteiger partial charge in [-0.3, -0.25) is 14.4 Å². The fourth-order valence-electron chi connectivity index (χ4n) is 5.52. The number of anilines is 1. The molecule has 1 aromatic carbocycles. The molecular weight excluding hydrogens is 442 g/mol. The number of carbonyl (C=O) groups is 3. The molecule has 2 aliphatic heterocycles. The van der Waals surface area contributed by atoms with Gasteiger partial charge in [0, 0.05) is 43.0 Å². The van der Waals surface area contributed by atoms with Crippen LogP contribution in [0.25, 0.3) is 6.08 Å². The van der Waals surface area contributed by atoms with Gasteiger partial charge in [0.25, 0.3) is 0 Å². The molecule has 1 saturated heterocycles. The van der Waals surface area contributed by atoms with Crippen LogP contribution in [0.2, 0.25) is 0 Å². The standard InChI is InChI=1S/C27H33N5O3/c1-26(2,28)24(34)31-22(16-18-15-17-7-5-10-20(17)29-18)23(33)32-13-6-11-27(12-14-32)19-8-3-4-9-21(19)30-25(27)35/h3-5,7-9,15,22,29H,6,10-14,16,28H2,1-2H3,(H,30,35)(H,31,34)/t22-,27-/m0/s1. The number of allylic oxidation sites excluding steroid dienone is 1. The van der Waals surface area contributed by atoms with Crippen LogP contribution in [0.15, 0.2) is 36.4 Å². The van der Waals surface area contributed by atoms with Crippen LogP contribution in [0.3, 0.4) is 0 Å². The molecule has 8 heteroatoms. The highest BCUT2D eigenvalue weighted by molar-refractivity contribution is 6.06. The number of fused-ring (bicyclic) bond motifs is 3. The number of nitrogens with zero attached hydrogens (tertiary/aromatic N) is 1. The lowest BCUT2D eigenvalue weighted by Gasteiger charge is -2.30. The second-order valence-electron chi connectivity index (χ2n) is 10.5. The third kappa shape index (κ3) is 4.27. The average molecular weight is 476 g/mol. The van der Waals surface area contributed by atoms with Crippen LogP contribution in [0, 0.1) is 0 Å². The predicted octanol–water partition coefficient (Wildman–Crippen LogP) is 2.25. The van der Waals surface area contributed by atoms with Gasteiger partial charge in [0.2, 0.25) is 17.7 Å². The molecule has 5 rings (SSSR count). The quantitative estimate of drug-likeness (QED) is 0.530. The van der Waals surface area contributed by atoms with Crippen molar-refractivity contribution in [3.8, 4) is 0 Å². The summed E-state index contributed by atoms with van der Waals surface area (Å²) >= 11 is 0. The number of nitrogens with one attached hydrogen (secondary N) is 3. The number of hydrogen-bond donors (Lipinski definition) is 4. The molecule has 0 unspecified atom stereocenters. The Kier molecular flexibility index (Phi) is 5.79. The van der Waals surface area contributed by atoms with Crippen molar-refractivity contribution in [3.63, 3.8) is 0 Å². The second kappa shape index (κ2) is 8.68. The molecule has 1 aliphatic carbocycles. The molecule has 35 heavy (non-hydrogen) atoms. The van der Waals surface area contributed by atoms with Crippen molar-refractivity contribution >= 4 is 29.5 Å². The molecule has 1 aromatic heterocycles. The Hall–Kier alpha value is -3.39. The number of hydrogen-bond acceptors (Lipinski definition) is 4. The topological polar surface area (TPSA) is 120 Å². The van der Waals surface area contributed by atoms with E-state index in [9.17, 15) is 14.4 Å². The van der Waals surface area contributed by atoms with Gasteiger partial charge in [-0.05, 0) is 56.4 Å². The number of rotatable bonds is 5. The first-order chi connectivity index (χ1) is 16.7. The summed E-state index contributed by atoms with van der Waals surface area (Å²) in [5.74, 6) is -0.501. The Morgan fingerprint density at radius 1 is 1.23 bits per heavy atom. The molecule has 0 saturated carbocycles. The van der Waals surface area contributed by atoms with Gasteiger partial charge in [-0.2, -0.15) is 0 Å². The third-order valence-electron chi connectivity index (χ3n) is 7.50. The van der Waals surface area contributed by atoms with E-state index in [0.29, 0.717) is 38.8 Å². The van der Waals surface area contributed by atoms with E-state index < -0.39 is 17.0 Å². The number of aromatic nitrogens is 1. The highest BCUT2D eigenvalue weighted by atomic mass is 16.2. The van der Waals surface area contributed by atoms with Gasteiger partial charge in [-0.15, -0.1) is 0 Å². The summed E-state index contributed by atoms with van der Waals surface area (Å²) < 4.78 is 0. The van der Waals surface area contributed by atoms with E-state index in [2.05, 4.69) is 27.8 Å². The summed E-state index contributed by atoms with van der Waals surface area (Å²) in [4.78, 5) is 44.8. The summed E-state index contributed by atoms with van der Waals surface area (Å²) in [6.45, 7) is 4.24. The fourth-order valence-corrected chi connectivity index (χ4v) is 5.52. The lowest BCUT2D eigenvalue weighted by Crippen LogP contribution is -2.57. The monoisotopic (exact) mass is 475 g/mol. The van der Waals surface area contributed by atoms with Gasteiger partial charge in [0.15, 0.2) is 0 Å². The van der Waals surface area contributed by atoms with Gasteiger partial charge in [-0.25, -0.2) is 0 Å². The van der Waals surface area contributed by atoms with E-state index in [-0.39, 0.29) is 17.7 Å². The van der Waals surface area contributed by atoms with Gasteiger partial charge in [0.05, 0.1) is 11.0 Å². The molecule has 2 atom stereocenters. The number of amides is 3. The van der Waals surface area contributed by atoms with Crippen LogP contribution >= 0.6 is 0 Å². The zero-order valence-electron chi connectivity index (χ0n) is 20.3. The van der Waals surface area contributed by atoms with E-state index in [1.165, 1.54) is 0 Å². The highest BCUT2D eigenvalue weighted by Gasteiger charge is 2.47. The molecule has 0 bridgehead atoms. The molecule has 1 fully saturated rings. The molecule has 3 amide bonds. The van der Waals surface area contributed by atoms with Gasteiger partial charge in [0.1, 0.15) is 6.04 Å². The van der Waals surface area contributed by atoms with Crippen LogP contribution < -0.4 is 16.4 Å². The predicted molar refractivity (Wildman–Crippen MR) is 135 cm³/mol. The summed E-state index contributed by atoms with van der Waals surface area (Å²) in [6.07, 6.45) is 7.29. The Bertz CT molecular complexity index is 1210. The molecule has 2 aromatic rings. The van der Waals surface area contributed by atoms with E-state index >= 15 is 0 Å². The van der Waals surface area contributed by atoms with Crippen molar-refractivity contribution in [1.82, 2.24) is 15.2 Å². The summed E-state index contributed by atoms with van der Waals surface area (Å²) in [5.41, 5.74) is 9.34. The lowest BCUT2D eigenvalue weighted by atomic mass is 9.75. The fraction of sp³-hybridized carbons (Fsp3) is 0.444. The van der Waals surface area contributed by atoms with Gasteiger partial charge >= 0.3 is 0 Å². The van der Waals surface area contributed by atoms with E-state index in [4.69, 9.17) is 5.73 Å². The average Bonchev–Trinajstić information content (AvgIpc) is 3.41. The lowest BCUT2D eigenvalue weighted by molar-refractivity contribution is -0.137. The number of likely N-dealkylation sites (tertiary alicyclic amines) is 1. The van der Waals surface area contributed by atoms with Crippen molar-refractivity contribution in [3.05, 3.63) is 58.9 Å². The van der Waals surface area contributed by atoms with E-state index in [0.717, 1.165) is 34.6 Å². The minimum Gasteiger partial charge on any atom is -0.361 e. The number of H-pyrrole nitrogens is 1. The number of benzene rings is 1. The van der Waals surface area contributed by atoms with Crippen LogP contribution in [0.1, 0.15) is 55.6 Å². The summed E-state index contributed by atoms with van der Waals surface area (Å²) in [5, 5.41) is 5.92. The normalized spacial score (nSPS) is 21.9. The SMILES string of the molecule is CC(C)(N)C(=O)N[C@@H](Cc1cc2c([nH]1)CC=C2)C(=O)N1CCC[C@@]2(CC1)C(=O)Nc1ccccc12. The van der Waals surface area contributed by atoms with Crippen LogP contribution in [0.4, 0.5) is 5.69 Å². The van der Waals surface area contributed by atoms with Crippen molar-refractivity contribution in [2.24, 2.45) is 5.73 Å². The first-order valence-corrected chi connectivity index (χ1v) is 12.3. The van der Waals surface area contributed by atoms with Crippen molar-refractivity contribution in [1.29, 1.82) is 0 Å². The van der Waals surface area contributed by atoms with Crippen LogP contribution in [-0.2, 0) is 32.6 Å². The summed E-state index contributed by atoms with van der Waals surface area (Å²) in [6, 6.07) is 9.11. The molecule has 184 valence electrons. The third-order valence-corrected chi connectivity index (χ3v) is 7.50. The van der Waals surface area contributed by atoms with Gasteiger partial charge in [-0.1, -0.05) is 30.4 Å². The molecule has 3 aliphatic rings. The highest BCUT2D eigenvalue weighted by Crippen LogP contribution is 2.44. The minimum absolute atomic E-state index is 0.0108. The smallest absolute Gasteiger partial charge is 0.245 e. The Labute approximate surface area is 205 Å². The Balaban J connectivity index is 1.36. The summed E-state index contributed by atoms with van der Waals surface area (Å²) in [7, 11) is 0. The van der Waals surface area contributed by atoms with Crippen molar-refractivity contribution < 1.29 is 14.4 Å². The largest absolute Gasteiger partial charge is 0.361 e. The van der Waals surface area contributed by atoms with Crippen molar-refractivity contribution in [2.45, 2.75) is 62.9 Å². The Morgan fingerprint density at radius 3 is 2.80 bits per heavy atom. The maximum absolute atomic E-state index is 13.8. The number of para-hydroxylation sites is 1. The van der Waals surface area contributed by atoms with E-state index in [1.54, 1.807) is 18.7 Å². The van der Waals surface area contributed by atoms with Crippen LogP contribution in [-0.4, -0.2) is 52.3 Å². The first kappa shape index (κ1) is 23.4. The second-order valence-corrected chi connectivity index (χ2v) is 10.5. The van der Waals surface area contributed by atoms with E-state index in [1.807, 2.05) is 30.3 Å². The number of nitrogens with two attached hydrogens (primary N) is 1. The Morgan fingerprint density at radius 2 is 2.03 bits per heavy atom. The van der Waals surface area contributed by atoms with Gasteiger partial charge < -0.3 is 26.3 Å². The molecule has 8 nitrogen and oxygen atoms in total. The molecule has 3 heterocycles. The minimum atomic E-state index is -1.10. The molecular formula is C27H33N5O3. The first-order valence-electron chi connectivity index (χ1n) is 12.3.